The van der Waals surface area contributed by atoms with Crippen molar-refractivity contribution in [1.29, 1.82) is 0 Å². The van der Waals surface area contributed by atoms with Gasteiger partial charge in [0.25, 0.3) is 0 Å². The van der Waals surface area contributed by atoms with E-state index in [1.165, 1.54) is 0 Å². The Morgan fingerprint density at radius 2 is 1.90 bits per heavy atom. The molecule has 4 rings (SSSR count). The fourth-order valence-corrected chi connectivity index (χ4v) is 4.25. The van der Waals surface area contributed by atoms with Crippen LogP contribution in [0.25, 0.3) is 0 Å². The Labute approximate surface area is 185 Å². The van der Waals surface area contributed by atoms with Crippen molar-refractivity contribution in [3.8, 4) is 0 Å². The van der Waals surface area contributed by atoms with Gasteiger partial charge in [0.1, 0.15) is 5.82 Å². The average molecular weight is 444 g/mol. The van der Waals surface area contributed by atoms with E-state index in [0.717, 1.165) is 35.6 Å². The Bertz CT molecular complexity index is 1040. The molecule has 0 aliphatic carbocycles. The number of hydrogen-bond acceptors (Lipinski definition) is 3. The molecule has 1 atom stereocenters. The maximum atomic E-state index is 13.1. The van der Waals surface area contributed by atoms with Gasteiger partial charge >= 0.3 is 6.03 Å². The first-order chi connectivity index (χ1) is 14.4. The molecule has 1 fully saturated rings. The fraction of sp³-hybridized carbons (Fsp3) is 0.318. The van der Waals surface area contributed by atoms with Gasteiger partial charge < -0.3 is 14.8 Å². The molecular weight excluding hydrogens is 421 g/mol. The summed E-state index contributed by atoms with van der Waals surface area (Å²) < 4.78 is 2.07. The smallest absolute Gasteiger partial charge is 0.314 e. The number of aromatic nitrogens is 3. The third-order valence-electron chi connectivity index (χ3n) is 5.48. The molecular formula is C22H23Cl2N5O. The summed E-state index contributed by atoms with van der Waals surface area (Å²) in [5, 5.41) is 12.9. The molecule has 0 saturated carbocycles. The monoisotopic (exact) mass is 443 g/mol. The number of nitrogens with zero attached hydrogens (tertiary/aromatic N) is 4. The molecule has 1 aromatic heterocycles. The SMILES string of the molecule is Cc1cccc(Cl)c1NC(=O)N1CCCC1c1nnc(C)n1Cc1ccc(Cl)cc1. The van der Waals surface area contributed by atoms with Crippen molar-refractivity contribution in [3.63, 3.8) is 0 Å². The number of carbonyl (C=O) groups excluding carboxylic acids is 1. The van der Waals surface area contributed by atoms with Gasteiger partial charge in [0.2, 0.25) is 0 Å². The van der Waals surface area contributed by atoms with Crippen molar-refractivity contribution in [2.24, 2.45) is 0 Å². The number of hydrogen-bond donors (Lipinski definition) is 1. The molecule has 2 heterocycles. The zero-order valence-electron chi connectivity index (χ0n) is 16.9. The molecule has 1 aliphatic rings. The lowest BCUT2D eigenvalue weighted by molar-refractivity contribution is 0.204. The van der Waals surface area contributed by atoms with E-state index in [4.69, 9.17) is 23.2 Å². The van der Waals surface area contributed by atoms with Gasteiger partial charge in [0, 0.05) is 11.6 Å². The molecule has 0 radical (unpaired) electrons. The fourth-order valence-electron chi connectivity index (χ4n) is 3.86. The van der Waals surface area contributed by atoms with Crippen molar-refractivity contribution >= 4 is 34.9 Å². The van der Waals surface area contributed by atoms with E-state index in [9.17, 15) is 4.79 Å². The van der Waals surface area contributed by atoms with E-state index in [2.05, 4.69) is 20.1 Å². The van der Waals surface area contributed by atoms with Gasteiger partial charge in [0.15, 0.2) is 5.82 Å². The topological polar surface area (TPSA) is 63.1 Å². The summed E-state index contributed by atoms with van der Waals surface area (Å²) in [5.41, 5.74) is 2.67. The van der Waals surface area contributed by atoms with Gasteiger partial charge in [-0.2, -0.15) is 0 Å². The molecule has 30 heavy (non-hydrogen) atoms. The zero-order valence-corrected chi connectivity index (χ0v) is 18.4. The van der Waals surface area contributed by atoms with Gasteiger partial charge in [-0.3, -0.25) is 0 Å². The van der Waals surface area contributed by atoms with Crippen LogP contribution in [0.15, 0.2) is 42.5 Å². The quantitative estimate of drug-likeness (QED) is 0.568. The van der Waals surface area contributed by atoms with Crippen LogP contribution in [0.3, 0.4) is 0 Å². The van der Waals surface area contributed by atoms with E-state index in [1.54, 1.807) is 6.07 Å². The van der Waals surface area contributed by atoms with E-state index in [-0.39, 0.29) is 12.1 Å². The summed E-state index contributed by atoms with van der Waals surface area (Å²) in [6.07, 6.45) is 1.75. The van der Waals surface area contributed by atoms with Crippen LogP contribution in [0.4, 0.5) is 10.5 Å². The maximum Gasteiger partial charge on any atom is 0.322 e. The Morgan fingerprint density at radius 3 is 2.63 bits per heavy atom. The molecule has 1 aliphatic heterocycles. The highest BCUT2D eigenvalue weighted by atomic mass is 35.5. The number of urea groups is 1. The minimum absolute atomic E-state index is 0.138. The molecule has 1 unspecified atom stereocenters. The summed E-state index contributed by atoms with van der Waals surface area (Å²) in [6, 6.07) is 13.0. The van der Waals surface area contributed by atoms with Crippen LogP contribution in [0.5, 0.6) is 0 Å². The predicted octanol–water partition coefficient (Wildman–Crippen LogP) is 5.62. The number of likely N-dealkylation sites (tertiary alicyclic amines) is 1. The van der Waals surface area contributed by atoms with Gasteiger partial charge in [0.05, 0.1) is 23.3 Å². The van der Waals surface area contributed by atoms with Crippen LogP contribution in [0.1, 0.15) is 41.7 Å². The minimum atomic E-state index is -0.174. The van der Waals surface area contributed by atoms with Crippen LogP contribution in [0.2, 0.25) is 10.0 Å². The number of para-hydroxylation sites is 1. The maximum absolute atomic E-state index is 13.1. The summed E-state index contributed by atoms with van der Waals surface area (Å²) in [5.74, 6) is 1.61. The van der Waals surface area contributed by atoms with Crippen molar-refractivity contribution in [2.45, 2.75) is 39.3 Å². The highest BCUT2D eigenvalue weighted by Gasteiger charge is 2.34. The second-order valence-corrected chi connectivity index (χ2v) is 8.37. The van der Waals surface area contributed by atoms with Crippen molar-refractivity contribution in [2.75, 3.05) is 11.9 Å². The van der Waals surface area contributed by atoms with Crippen LogP contribution in [0, 0.1) is 13.8 Å². The van der Waals surface area contributed by atoms with E-state index in [1.807, 2.05) is 55.1 Å². The van der Waals surface area contributed by atoms with Crippen molar-refractivity contribution < 1.29 is 4.79 Å². The number of anilines is 1. The molecule has 1 N–H and O–H groups in total. The highest BCUT2D eigenvalue weighted by molar-refractivity contribution is 6.33. The first-order valence-electron chi connectivity index (χ1n) is 9.91. The first kappa shape index (κ1) is 20.7. The summed E-state index contributed by atoms with van der Waals surface area (Å²) in [6.45, 7) is 5.14. The largest absolute Gasteiger partial charge is 0.322 e. The lowest BCUT2D eigenvalue weighted by Gasteiger charge is -2.25. The van der Waals surface area contributed by atoms with Gasteiger partial charge in [-0.05, 0) is 56.0 Å². The van der Waals surface area contributed by atoms with Gasteiger partial charge in [-0.25, -0.2) is 4.79 Å². The lowest BCUT2D eigenvalue weighted by atomic mass is 10.2. The predicted molar refractivity (Wildman–Crippen MR) is 119 cm³/mol. The van der Waals surface area contributed by atoms with E-state index in [0.29, 0.717) is 28.8 Å². The molecule has 0 spiro atoms. The van der Waals surface area contributed by atoms with Crippen LogP contribution < -0.4 is 5.32 Å². The normalized spacial score (nSPS) is 16.1. The summed E-state index contributed by atoms with van der Waals surface area (Å²) in [7, 11) is 0. The molecule has 6 nitrogen and oxygen atoms in total. The summed E-state index contributed by atoms with van der Waals surface area (Å²) in [4.78, 5) is 14.9. The lowest BCUT2D eigenvalue weighted by Crippen LogP contribution is -2.36. The number of benzene rings is 2. The van der Waals surface area contributed by atoms with E-state index < -0.39 is 0 Å². The minimum Gasteiger partial charge on any atom is -0.314 e. The molecule has 3 aromatic rings. The summed E-state index contributed by atoms with van der Waals surface area (Å²) >= 11 is 12.3. The van der Waals surface area contributed by atoms with E-state index >= 15 is 0 Å². The second kappa shape index (κ2) is 8.66. The van der Waals surface area contributed by atoms with Crippen LogP contribution >= 0.6 is 23.2 Å². The van der Waals surface area contributed by atoms with Crippen LogP contribution in [-0.2, 0) is 6.54 Å². The Kier molecular flexibility index (Phi) is 5.97. The number of halogens is 2. The number of rotatable bonds is 4. The number of amides is 2. The van der Waals surface area contributed by atoms with Crippen molar-refractivity contribution in [1.82, 2.24) is 19.7 Å². The third-order valence-corrected chi connectivity index (χ3v) is 6.05. The molecule has 156 valence electrons. The zero-order chi connectivity index (χ0) is 21.3. The third kappa shape index (κ3) is 4.16. The van der Waals surface area contributed by atoms with Gasteiger partial charge in [-0.15, -0.1) is 10.2 Å². The number of carbonyl (C=O) groups is 1. The van der Waals surface area contributed by atoms with Crippen LogP contribution in [-0.4, -0.2) is 32.2 Å². The Balaban J connectivity index is 1.58. The molecule has 2 aromatic carbocycles. The molecule has 8 heteroatoms. The molecule has 2 amide bonds. The van der Waals surface area contributed by atoms with Gasteiger partial charge in [-0.1, -0.05) is 47.5 Å². The Hall–Kier alpha value is -2.57. The standard InChI is InChI=1S/C22H23Cl2N5O/c1-14-5-3-6-18(24)20(14)25-22(30)28-12-4-7-19(28)21-27-26-15(2)29(21)13-16-8-10-17(23)11-9-16/h3,5-6,8-11,19H,4,7,12-13H2,1-2H3,(H,25,30). The first-order valence-corrected chi connectivity index (χ1v) is 10.7. The highest BCUT2D eigenvalue weighted by Crippen LogP contribution is 2.33. The molecule has 0 bridgehead atoms. The molecule has 1 saturated heterocycles. The van der Waals surface area contributed by atoms with Crippen molar-refractivity contribution in [3.05, 3.63) is 75.3 Å². The second-order valence-electron chi connectivity index (χ2n) is 7.53. The number of nitrogens with one attached hydrogen (secondary N) is 1. The average Bonchev–Trinajstić information content (AvgIpc) is 3.34. The Morgan fingerprint density at radius 1 is 1.13 bits per heavy atom. The number of aryl methyl sites for hydroxylation is 2.